The Morgan fingerprint density at radius 1 is 1.00 bits per heavy atom. The van der Waals surface area contributed by atoms with Gasteiger partial charge in [-0.1, -0.05) is 52.0 Å². The Morgan fingerprint density at radius 2 is 1.42 bits per heavy atom. The van der Waals surface area contributed by atoms with Gasteiger partial charge < -0.3 is 10.0 Å². The predicted octanol–water partition coefficient (Wildman–Crippen LogP) is 3.96. The number of benzene rings is 1. The third-order valence-corrected chi connectivity index (χ3v) is 4.54. The van der Waals surface area contributed by atoms with Crippen LogP contribution in [0.15, 0.2) is 24.3 Å². The molecule has 2 nitrogen and oxygen atoms in total. The molecule has 0 heterocycles. The first-order chi connectivity index (χ1) is 8.89. The number of likely N-dealkylation sites (N-methyl/N-ethyl adjacent to an activating group) is 1. The lowest BCUT2D eigenvalue weighted by Crippen LogP contribution is -2.48. The Kier molecular flexibility index (Phi) is 5.57. The van der Waals surface area contributed by atoms with Crippen molar-refractivity contribution < 1.29 is 5.11 Å². The molecule has 0 fully saturated rings. The number of aliphatic hydroxyl groups is 1. The smallest absolute Gasteiger partial charge is 0.0973 e. The van der Waals surface area contributed by atoms with Crippen molar-refractivity contribution in [2.75, 3.05) is 14.1 Å². The van der Waals surface area contributed by atoms with E-state index in [-0.39, 0.29) is 5.54 Å². The van der Waals surface area contributed by atoms with Gasteiger partial charge in [0.25, 0.3) is 0 Å². The zero-order chi connectivity index (χ0) is 14.6. The molecule has 0 aromatic heterocycles. The van der Waals surface area contributed by atoms with Crippen molar-refractivity contribution in [1.29, 1.82) is 0 Å². The van der Waals surface area contributed by atoms with Crippen LogP contribution < -0.4 is 0 Å². The van der Waals surface area contributed by atoms with Gasteiger partial charge in [0, 0.05) is 5.54 Å². The molecule has 1 aromatic rings. The van der Waals surface area contributed by atoms with Crippen molar-refractivity contribution in [1.82, 2.24) is 4.90 Å². The first-order valence-electron chi connectivity index (χ1n) is 7.34. The van der Waals surface area contributed by atoms with Gasteiger partial charge in [0.15, 0.2) is 0 Å². The summed E-state index contributed by atoms with van der Waals surface area (Å²) in [5.41, 5.74) is 2.15. The van der Waals surface area contributed by atoms with Crippen LogP contribution in [0.3, 0.4) is 0 Å². The molecule has 0 aliphatic heterocycles. The summed E-state index contributed by atoms with van der Waals surface area (Å²) in [6, 6.07) is 8.41. The van der Waals surface area contributed by atoms with Crippen LogP contribution in [0.5, 0.6) is 0 Å². The topological polar surface area (TPSA) is 23.5 Å². The molecule has 1 rings (SSSR count). The molecule has 19 heavy (non-hydrogen) atoms. The summed E-state index contributed by atoms with van der Waals surface area (Å²) >= 11 is 0. The molecule has 0 saturated heterocycles. The van der Waals surface area contributed by atoms with Crippen LogP contribution in [-0.2, 0) is 0 Å². The van der Waals surface area contributed by atoms with Crippen molar-refractivity contribution >= 4 is 0 Å². The van der Waals surface area contributed by atoms with Gasteiger partial charge >= 0.3 is 0 Å². The van der Waals surface area contributed by atoms with Crippen molar-refractivity contribution in [2.24, 2.45) is 0 Å². The average molecular weight is 263 g/mol. The third kappa shape index (κ3) is 3.18. The Morgan fingerprint density at radius 3 is 1.74 bits per heavy atom. The Bertz CT molecular complexity index is 377. The van der Waals surface area contributed by atoms with E-state index in [1.54, 1.807) is 0 Å². The summed E-state index contributed by atoms with van der Waals surface area (Å²) in [4.78, 5) is 2.16. The largest absolute Gasteiger partial charge is 0.386 e. The maximum Gasteiger partial charge on any atom is 0.0973 e. The molecule has 0 spiro atoms. The van der Waals surface area contributed by atoms with E-state index in [0.717, 1.165) is 18.4 Å². The molecule has 0 saturated carbocycles. The fourth-order valence-corrected chi connectivity index (χ4v) is 2.89. The Balaban J connectivity index is 3.06. The minimum absolute atomic E-state index is 0.181. The predicted molar refractivity (Wildman–Crippen MR) is 82.5 cm³/mol. The van der Waals surface area contributed by atoms with Gasteiger partial charge in [-0.3, -0.25) is 0 Å². The second-order valence-electron chi connectivity index (χ2n) is 5.93. The molecule has 2 heteroatoms. The summed E-state index contributed by atoms with van der Waals surface area (Å²) in [7, 11) is 4.11. The summed E-state index contributed by atoms with van der Waals surface area (Å²) in [6.45, 7) is 8.67. The van der Waals surface area contributed by atoms with Gasteiger partial charge in [0.2, 0.25) is 0 Å². The molecule has 1 unspecified atom stereocenters. The van der Waals surface area contributed by atoms with Crippen molar-refractivity contribution in [3.8, 4) is 0 Å². The van der Waals surface area contributed by atoms with Gasteiger partial charge in [-0.25, -0.2) is 0 Å². The van der Waals surface area contributed by atoms with Gasteiger partial charge in [-0.2, -0.15) is 0 Å². The highest BCUT2D eigenvalue weighted by Gasteiger charge is 2.37. The van der Waals surface area contributed by atoms with Crippen LogP contribution in [0.1, 0.15) is 63.7 Å². The van der Waals surface area contributed by atoms with Crippen molar-refractivity contribution in [3.05, 3.63) is 35.4 Å². The molecule has 1 atom stereocenters. The lowest BCUT2D eigenvalue weighted by molar-refractivity contribution is -0.0149. The van der Waals surface area contributed by atoms with E-state index in [1.807, 2.05) is 0 Å². The molecule has 0 amide bonds. The summed E-state index contributed by atoms with van der Waals surface area (Å²) in [5.74, 6) is 0.530. The Labute approximate surface area is 118 Å². The number of hydrogen-bond donors (Lipinski definition) is 1. The second-order valence-corrected chi connectivity index (χ2v) is 5.93. The molecule has 1 N–H and O–H groups in total. The van der Waals surface area contributed by atoms with Crippen LogP contribution in [0, 0.1) is 0 Å². The fourth-order valence-electron chi connectivity index (χ4n) is 2.89. The maximum absolute atomic E-state index is 10.8. The normalized spacial score (nSPS) is 14.2. The molecule has 108 valence electrons. The maximum atomic E-state index is 10.8. The van der Waals surface area contributed by atoms with E-state index in [2.05, 4.69) is 71.0 Å². The van der Waals surface area contributed by atoms with Gasteiger partial charge in [-0.15, -0.1) is 0 Å². The summed E-state index contributed by atoms with van der Waals surface area (Å²) in [5, 5.41) is 10.8. The lowest BCUT2D eigenvalue weighted by atomic mass is 9.81. The number of rotatable bonds is 6. The lowest BCUT2D eigenvalue weighted by Gasteiger charge is -2.42. The van der Waals surface area contributed by atoms with E-state index >= 15 is 0 Å². The monoisotopic (exact) mass is 263 g/mol. The van der Waals surface area contributed by atoms with E-state index in [4.69, 9.17) is 0 Å². The number of hydrogen-bond acceptors (Lipinski definition) is 2. The van der Waals surface area contributed by atoms with E-state index < -0.39 is 6.10 Å². The highest BCUT2D eigenvalue weighted by Crippen LogP contribution is 2.36. The third-order valence-electron chi connectivity index (χ3n) is 4.54. The average Bonchev–Trinajstić information content (AvgIpc) is 2.40. The van der Waals surface area contributed by atoms with Crippen LogP contribution >= 0.6 is 0 Å². The molecule has 1 aromatic carbocycles. The van der Waals surface area contributed by atoms with E-state index in [9.17, 15) is 5.11 Å². The standard InChI is InChI=1S/C17H29NO/c1-7-17(8-2,18(5)6)16(19)15-11-9-14(10-12-15)13(3)4/h9-13,16,19H,7-8H2,1-6H3. The van der Waals surface area contributed by atoms with Crippen LogP contribution in [0.25, 0.3) is 0 Å². The fraction of sp³-hybridized carbons (Fsp3) is 0.647. The molecule has 0 aliphatic rings. The van der Waals surface area contributed by atoms with Gasteiger partial charge in [0.05, 0.1) is 6.10 Å². The molecular formula is C17H29NO. The molecule has 0 aliphatic carbocycles. The SMILES string of the molecule is CCC(CC)(C(O)c1ccc(C(C)C)cc1)N(C)C. The van der Waals surface area contributed by atoms with E-state index in [1.165, 1.54) is 5.56 Å². The van der Waals surface area contributed by atoms with Crippen molar-refractivity contribution in [2.45, 2.75) is 58.1 Å². The van der Waals surface area contributed by atoms with Crippen molar-refractivity contribution in [3.63, 3.8) is 0 Å². The minimum atomic E-state index is -0.446. The van der Waals surface area contributed by atoms with Gasteiger partial charge in [0.1, 0.15) is 0 Å². The first-order valence-corrected chi connectivity index (χ1v) is 7.34. The Hall–Kier alpha value is -0.860. The zero-order valence-corrected chi connectivity index (χ0v) is 13.3. The molecular weight excluding hydrogens is 234 g/mol. The highest BCUT2D eigenvalue weighted by molar-refractivity contribution is 5.28. The molecule has 0 radical (unpaired) electrons. The number of aliphatic hydroxyl groups excluding tert-OH is 1. The van der Waals surface area contributed by atoms with E-state index in [0.29, 0.717) is 5.92 Å². The molecule has 0 bridgehead atoms. The number of nitrogens with zero attached hydrogens (tertiary/aromatic N) is 1. The summed E-state index contributed by atoms with van der Waals surface area (Å²) in [6.07, 6.45) is 1.42. The summed E-state index contributed by atoms with van der Waals surface area (Å²) < 4.78 is 0. The quantitative estimate of drug-likeness (QED) is 0.839. The van der Waals surface area contributed by atoms with Crippen LogP contribution in [0.4, 0.5) is 0 Å². The first kappa shape index (κ1) is 16.2. The zero-order valence-electron chi connectivity index (χ0n) is 13.3. The van der Waals surface area contributed by atoms with Crippen LogP contribution in [-0.4, -0.2) is 29.6 Å². The minimum Gasteiger partial charge on any atom is -0.386 e. The van der Waals surface area contributed by atoms with Crippen LogP contribution in [0.2, 0.25) is 0 Å². The highest BCUT2D eigenvalue weighted by atomic mass is 16.3. The van der Waals surface area contributed by atoms with Gasteiger partial charge in [-0.05, 0) is 44.0 Å². The second kappa shape index (κ2) is 6.53.